The van der Waals surface area contributed by atoms with Crippen LogP contribution in [0.1, 0.15) is 96.8 Å². The van der Waals surface area contributed by atoms with Crippen LogP contribution in [0.3, 0.4) is 0 Å². The van der Waals surface area contributed by atoms with Gasteiger partial charge in [0.1, 0.15) is 11.3 Å². The van der Waals surface area contributed by atoms with Gasteiger partial charge in [0.15, 0.2) is 0 Å². The van der Waals surface area contributed by atoms with Gasteiger partial charge in [0.25, 0.3) is 0 Å². The van der Waals surface area contributed by atoms with Gasteiger partial charge in [-0.3, -0.25) is 4.79 Å². The van der Waals surface area contributed by atoms with Crippen molar-refractivity contribution < 1.29 is 9.21 Å². The number of unbranched alkanes of at least 4 members (excludes halogenated alkanes) is 12. The van der Waals surface area contributed by atoms with Crippen LogP contribution in [0.2, 0.25) is 5.02 Å². The number of carbonyl (C=O) groups excluding carboxylic acids is 1. The second-order valence-electron chi connectivity index (χ2n) is 8.12. The van der Waals surface area contributed by atoms with Crippen molar-refractivity contribution in [2.45, 2.75) is 96.8 Å². The van der Waals surface area contributed by atoms with Crippen molar-refractivity contribution >= 4 is 34.2 Å². The first-order valence-corrected chi connectivity index (χ1v) is 12.0. The summed E-state index contributed by atoms with van der Waals surface area (Å²) in [5.74, 6) is -0.192. The van der Waals surface area contributed by atoms with Gasteiger partial charge in [-0.1, -0.05) is 108 Å². The van der Waals surface area contributed by atoms with Gasteiger partial charge < -0.3 is 9.73 Å². The van der Waals surface area contributed by atoms with Crippen molar-refractivity contribution in [1.29, 1.82) is 0 Å². The molecule has 1 heterocycles. The van der Waals surface area contributed by atoms with Gasteiger partial charge >= 0.3 is 5.63 Å². The molecule has 2 aromatic rings. The Bertz CT molecular complexity index is 831. The van der Waals surface area contributed by atoms with E-state index in [0.29, 0.717) is 17.4 Å². The number of para-hydroxylation sites is 1. The molecule has 0 radical (unpaired) electrons. The van der Waals surface area contributed by atoms with Gasteiger partial charge in [0.2, 0.25) is 5.91 Å². The van der Waals surface area contributed by atoms with E-state index >= 15 is 0 Å². The Hall–Kier alpha value is -1.81. The third-order valence-corrected chi connectivity index (χ3v) is 5.91. The largest absolute Gasteiger partial charge is 0.421 e. The number of hydrogen-bond acceptors (Lipinski definition) is 3. The van der Waals surface area contributed by atoms with Gasteiger partial charge in [-0.2, -0.15) is 0 Å². The van der Waals surface area contributed by atoms with Crippen molar-refractivity contribution in [3.8, 4) is 0 Å². The minimum Gasteiger partial charge on any atom is -0.421 e. The predicted octanol–water partition coefficient (Wildman–Crippen LogP) is 7.87. The van der Waals surface area contributed by atoms with E-state index in [1.165, 1.54) is 64.2 Å². The van der Waals surface area contributed by atoms with Crippen LogP contribution in [0.5, 0.6) is 0 Å². The number of rotatable bonds is 15. The van der Waals surface area contributed by atoms with E-state index < -0.39 is 5.63 Å². The number of carbonyl (C=O) groups is 1. The zero-order chi connectivity index (χ0) is 21.6. The van der Waals surface area contributed by atoms with Gasteiger partial charge in [0, 0.05) is 11.8 Å². The van der Waals surface area contributed by atoms with Crippen molar-refractivity contribution in [1.82, 2.24) is 0 Å². The second-order valence-corrected chi connectivity index (χ2v) is 8.49. The topological polar surface area (TPSA) is 59.3 Å². The number of halogens is 1. The van der Waals surface area contributed by atoms with Crippen LogP contribution in [0.15, 0.2) is 33.5 Å². The van der Waals surface area contributed by atoms with E-state index in [1.54, 1.807) is 18.2 Å². The molecule has 0 aliphatic heterocycles. The number of fused-ring (bicyclic) bond motifs is 1. The van der Waals surface area contributed by atoms with Crippen molar-refractivity contribution in [2.75, 3.05) is 5.32 Å². The third kappa shape index (κ3) is 8.51. The molecule has 0 unspecified atom stereocenters. The molecular weight excluding hydrogens is 398 g/mol. The molecule has 0 fully saturated rings. The zero-order valence-corrected chi connectivity index (χ0v) is 19.1. The van der Waals surface area contributed by atoms with Crippen molar-refractivity contribution in [3.63, 3.8) is 0 Å². The van der Waals surface area contributed by atoms with Crippen LogP contribution >= 0.6 is 11.6 Å². The van der Waals surface area contributed by atoms with Crippen molar-refractivity contribution in [2.24, 2.45) is 0 Å². The lowest BCUT2D eigenvalue weighted by Gasteiger charge is -2.08. The number of nitrogens with one attached hydrogen (secondary N) is 1. The lowest BCUT2D eigenvalue weighted by atomic mass is 10.0. The molecule has 0 atom stereocenters. The number of anilines is 1. The highest BCUT2D eigenvalue weighted by Crippen LogP contribution is 2.28. The van der Waals surface area contributed by atoms with Crippen LogP contribution in [0, 0.1) is 0 Å². The fourth-order valence-electron chi connectivity index (χ4n) is 3.72. The summed E-state index contributed by atoms with van der Waals surface area (Å²) in [4.78, 5) is 24.3. The number of amides is 1. The highest BCUT2D eigenvalue weighted by molar-refractivity contribution is 6.38. The van der Waals surface area contributed by atoms with Crippen molar-refractivity contribution in [3.05, 3.63) is 39.7 Å². The standard InChI is InChI=1S/C25H36ClNO3/c1-2-3-4-5-6-7-8-9-10-11-12-13-14-19-22(28)27-24-23(26)20-17-15-16-18-21(20)30-25(24)29/h15-18H,2-14,19H2,1H3,(H,27,28). The lowest BCUT2D eigenvalue weighted by Crippen LogP contribution is -2.18. The molecule has 1 aromatic heterocycles. The lowest BCUT2D eigenvalue weighted by molar-refractivity contribution is -0.116. The highest BCUT2D eigenvalue weighted by Gasteiger charge is 2.15. The summed E-state index contributed by atoms with van der Waals surface area (Å²) >= 11 is 6.30. The van der Waals surface area contributed by atoms with Crippen LogP contribution in [-0.4, -0.2) is 5.91 Å². The first kappa shape index (κ1) is 24.5. The van der Waals surface area contributed by atoms with E-state index in [0.717, 1.165) is 19.3 Å². The Labute approximate surface area is 185 Å². The zero-order valence-electron chi connectivity index (χ0n) is 18.3. The molecule has 0 saturated carbocycles. The van der Waals surface area contributed by atoms with Gasteiger partial charge in [-0.15, -0.1) is 0 Å². The van der Waals surface area contributed by atoms with Crippen LogP contribution < -0.4 is 10.9 Å². The summed E-state index contributed by atoms with van der Waals surface area (Å²) in [5, 5.41) is 3.49. The summed E-state index contributed by atoms with van der Waals surface area (Å²) < 4.78 is 5.24. The Morgan fingerprint density at radius 3 is 2.00 bits per heavy atom. The van der Waals surface area contributed by atoms with Crippen LogP contribution in [0.4, 0.5) is 5.69 Å². The predicted molar refractivity (Wildman–Crippen MR) is 126 cm³/mol. The summed E-state index contributed by atoms with van der Waals surface area (Å²) in [7, 11) is 0. The van der Waals surface area contributed by atoms with E-state index in [-0.39, 0.29) is 16.6 Å². The molecule has 0 aliphatic carbocycles. The average molecular weight is 434 g/mol. The SMILES string of the molecule is CCCCCCCCCCCCCCCC(=O)Nc1c(Cl)c2ccccc2oc1=O. The van der Waals surface area contributed by atoms with Gasteiger partial charge in [0.05, 0.1) is 5.02 Å². The Morgan fingerprint density at radius 2 is 1.40 bits per heavy atom. The molecular formula is C25H36ClNO3. The van der Waals surface area contributed by atoms with Gasteiger partial charge in [-0.25, -0.2) is 4.79 Å². The molecule has 0 bridgehead atoms. The molecule has 1 N–H and O–H groups in total. The first-order chi connectivity index (χ1) is 14.6. The molecule has 0 saturated heterocycles. The first-order valence-electron chi connectivity index (χ1n) is 11.6. The Kier molecular flexibility index (Phi) is 11.6. The summed E-state index contributed by atoms with van der Waals surface area (Å²) in [5.41, 5.74) is -0.158. The number of benzene rings is 1. The van der Waals surface area contributed by atoms with E-state index in [4.69, 9.17) is 16.0 Å². The molecule has 166 valence electrons. The molecule has 30 heavy (non-hydrogen) atoms. The summed E-state index contributed by atoms with van der Waals surface area (Å²) in [6.45, 7) is 2.26. The minimum atomic E-state index is -0.614. The molecule has 0 spiro atoms. The Balaban J connectivity index is 1.56. The molecule has 4 nitrogen and oxygen atoms in total. The van der Waals surface area contributed by atoms with Crippen LogP contribution in [0.25, 0.3) is 11.0 Å². The minimum absolute atomic E-state index is 0.0371. The fourth-order valence-corrected chi connectivity index (χ4v) is 4.00. The summed E-state index contributed by atoms with van der Waals surface area (Å²) in [6, 6.07) is 7.03. The highest BCUT2D eigenvalue weighted by atomic mass is 35.5. The normalized spacial score (nSPS) is 11.1. The number of hydrogen-bond donors (Lipinski definition) is 1. The smallest absolute Gasteiger partial charge is 0.361 e. The van der Waals surface area contributed by atoms with E-state index in [2.05, 4.69) is 12.2 Å². The molecule has 1 amide bonds. The van der Waals surface area contributed by atoms with Gasteiger partial charge in [-0.05, 0) is 18.6 Å². The monoisotopic (exact) mass is 433 g/mol. The average Bonchev–Trinajstić information content (AvgIpc) is 2.74. The van der Waals surface area contributed by atoms with E-state index in [9.17, 15) is 9.59 Å². The quantitative estimate of drug-likeness (QED) is 0.229. The maximum Gasteiger partial charge on any atom is 0.361 e. The van der Waals surface area contributed by atoms with Crippen LogP contribution in [-0.2, 0) is 4.79 Å². The molecule has 5 heteroatoms. The Morgan fingerprint density at radius 1 is 0.867 bits per heavy atom. The maximum absolute atomic E-state index is 12.2. The third-order valence-electron chi connectivity index (χ3n) is 5.52. The second kappa shape index (κ2) is 14.2. The fraction of sp³-hybridized carbons (Fsp3) is 0.600. The van der Waals surface area contributed by atoms with E-state index in [1.807, 2.05) is 6.07 Å². The maximum atomic E-state index is 12.2. The molecule has 2 rings (SSSR count). The molecule has 0 aliphatic rings. The molecule has 1 aromatic carbocycles. The summed E-state index contributed by atoms with van der Waals surface area (Å²) in [6.07, 6.45) is 16.8.